The van der Waals surface area contributed by atoms with E-state index in [1.807, 2.05) is 0 Å². The molecular formula is C12H12O5. The molecule has 2 rings (SSSR count). The van der Waals surface area contributed by atoms with Crippen molar-refractivity contribution in [3.05, 3.63) is 34.9 Å². The first-order chi connectivity index (χ1) is 8.09. The average molecular weight is 236 g/mol. The fourth-order valence-electron chi connectivity index (χ4n) is 1.53. The van der Waals surface area contributed by atoms with Crippen LogP contribution in [0.5, 0.6) is 0 Å². The van der Waals surface area contributed by atoms with Crippen LogP contribution in [0.2, 0.25) is 0 Å². The second kappa shape index (κ2) is 4.55. The maximum Gasteiger partial charge on any atom is 0.339 e. The largest absolute Gasteiger partial charge is 0.478 e. The second-order valence-electron chi connectivity index (χ2n) is 3.86. The number of carbonyl (C=O) groups excluding carboxylic acids is 1. The maximum atomic E-state index is 11.7. The summed E-state index contributed by atoms with van der Waals surface area (Å²) in [4.78, 5) is 22.8. The molecule has 1 aromatic carbocycles. The van der Waals surface area contributed by atoms with Gasteiger partial charge in [-0.15, -0.1) is 0 Å². The van der Waals surface area contributed by atoms with Gasteiger partial charge in [0.05, 0.1) is 17.7 Å². The van der Waals surface area contributed by atoms with Crippen LogP contribution < -0.4 is 0 Å². The fourth-order valence-corrected chi connectivity index (χ4v) is 1.53. The Morgan fingerprint density at radius 2 is 2.24 bits per heavy atom. The van der Waals surface area contributed by atoms with Crippen molar-refractivity contribution in [3.63, 3.8) is 0 Å². The Balaban J connectivity index is 2.20. The number of ether oxygens (including phenoxy) is 2. The highest BCUT2D eigenvalue weighted by atomic mass is 16.6. The zero-order valence-electron chi connectivity index (χ0n) is 9.30. The Labute approximate surface area is 98.0 Å². The Kier molecular flexibility index (Phi) is 3.10. The van der Waals surface area contributed by atoms with E-state index in [4.69, 9.17) is 14.6 Å². The normalized spacial score (nSPS) is 17.6. The van der Waals surface area contributed by atoms with Gasteiger partial charge in [0.15, 0.2) is 0 Å². The molecule has 1 aliphatic heterocycles. The quantitative estimate of drug-likeness (QED) is 0.629. The minimum Gasteiger partial charge on any atom is -0.478 e. The van der Waals surface area contributed by atoms with Crippen LogP contribution in [-0.4, -0.2) is 36.4 Å². The number of carboxylic acid groups (broad SMARTS) is 1. The molecule has 1 saturated heterocycles. The van der Waals surface area contributed by atoms with Gasteiger partial charge in [0.25, 0.3) is 0 Å². The number of hydrogen-bond acceptors (Lipinski definition) is 4. The molecule has 5 nitrogen and oxygen atoms in total. The van der Waals surface area contributed by atoms with Gasteiger partial charge in [-0.25, -0.2) is 9.59 Å². The predicted octanol–water partition coefficient (Wildman–Crippen LogP) is 1.25. The SMILES string of the molecule is Cc1cccc(C(=O)OCC2CO2)c1C(=O)O. The Morgan fingerprint density at radius 1 is 1.53 bits per heavy atom. The summed E-state index contributed by atoms with van der Waals surface area (Å²) < 4.78 is 9.87. The van der Waals surface area contributed by atoms with Gasteiger partial charge in [-0.2, -0.15) is 0 Å². The van der Waals surface area contributed by atoms with E-state index in [9.17, 15) is 9.59 Å². The van der Waals surface area contributed by atoms with E-state index in [0.717, 1.165) is 0 Å². The number of benzene rings is 1. The van der Waals surface area contributed by atoms with E-state index >= 15 is 0 Å². The van der Waals surface area contributed by atoms with Gasteiger partial charge in [-0.3, -0.25) is 0 Å². The topological polar surface area (TPSA) is 76.1 Å². The molecule has 1 unspecified atom stereocenters. The molecule has 1 aromatic rings. The van der Waals surface area contributed by atoms with E-state index in [1.165, 1.54) is 6.07 Å². The average Bonchev–Trinajstić information content (AvgIpc) is 3.08. The second-order valence-corrected chi connectivity index (χ2v) is 3.86. The first-order valence-electron chi connectivity index (χ1n) is 5.21. The number of epoxide rings is 1. The molecule has 1 atom stereocenters. The van der Waals surface area contributed by atoms with Gasteiger partial charge in [0, 0.05) is 0 Å². The number of hydrogen-bond donors (Lipinski definition) is 1. The van der Waals surface area contributed by atoms with Crippen LogP contribution in [0.3, 0.4) is 0 Å². The molecule has 1 N–H and O–H groups in total. The van der Waals surface area contributed by atoms with Gasteiger partial charge in [-0.05, 0) is 18.6 Å². The van der Waals surface area contributed by atoms with Crippen LogP contribution in [0.15, 0.2) is 18.2 Å². The zero-order valence-corrected chi connectivity index (χ0v) is 9.30. The van der Waals surface area contributed by atoms with Gasteiger partial charge in [0.1, 0.15) is 12.7 Å². The number of esters is 1. The molecule has 0 amide bonds. The molecule has 0 aromatic heterocycles. The van der Waals surface area contributed by atoms with Crippen LogP contribution in [0, 0.1) is 6.92 Å². The van der Waals surface area contributed by atoms with Crippen molar-refractivity contribution in [2.75, 3.05) is 13.2 Å². The summed E-state index contributed by atoms with van der Waals surface area (Å²) in [5.41, 5.74) is 0.613. The lowest BCUT2D eigenvalue weighted by Gasteiger charge is -2.08. The standard InChI is InChI=1S/C12H12O5/c1-7-3-2-4-9(10(7)11(13)14)12(15)17-6-8-5-16-8/h2-4,8H,5-6H2,1H3,(H,13,14). The van der Waals surface area contributed by atoms with Crippen LogP contribution in [0.25, 0.3) is 0 Å². The van der Waals surface area contributed by atoms with Crippen molar-refractivity contribution >= 4 is 11.9 Å². The molecule has 0 aliphatic carbocycles. The number of carbonyl (C=O) groups is 2. The minimum atomic E-state index is -1.13. The van der Waals surface area contributed by atoms with E-state index in [1.54, 1.807) is 19.1 Å². The van der Waals surface area contributed by atoms with E-state index in [0.29, 0.717) is 12.2 Å². The lowest BCUT2D eigenvalue weighted by molar-refractivity contribution is 0.0467. The van der Waals surface area contributed by atoms with Crippen LogP contribution in [-0.2, 0) is 9.47 Å². The summed E-state index contributed by atoms with van der Waals surface area (Å²) in [5.74, 6) is -1.75. The molecule has 0 bridgehead atoms. The molecule has 5 heteroatoms. The Morgan fingerprint density at radius 3 is 2.82 bits per heavy atom. The van der Waals surface area contributed by atoms with Crippen molar-refractivity contribution in [2.45, 2.75) is 13.0 Å². The van der Waals surface area contributed by atoms with Crippen molar-refractivity contribution < 1.29 is 24.2 Å². The number of carboxylic acids is 1. The monoisotopic (exact) mass is 236 g/mol. The lowest BCUT2D eigenvalue weighted by atomic mass is 10.0. The van der Waals surface area contributed by atoms with Gasteiger partial charge < -0.3 is 14.6 Å². The molecule has 1 fully saturated rings. The third-order valence-corrected chi connectivity index (χ3v) is 2.51. The first kappa shape index (κ1) is 11.6. The molecule has 1 aliphatic rings. The molecule has 0 spiro atoms. The van der Waals surface area contributed by atoms with Gasteiger partial charge in [-0.1, -0.05) is 12.1 Å². The Hall–Kier alpha value is -1.88. The summed E-state index contributed by atoms with van der Waals surface area (Å²) >= 11 is 0. The summed E-state index contributed by atoms with van der Waals surface area (Å²) in [5, 5.41) is 9.05. The van der Waals surface area contributed by atoms with Crippen molar-refractivity contribution in [1.29, 1.82) is 0 Å². The number of rotatable bonds is 4. The molecule has 1 heterocycles. The van der Waals surface area contributed by atoms with Crippen LogP contribution >= 0.6 is 0 Å². The van der Waals surface area contributed by atoms with Gasteiger partial charge in [0.2, 0.25) is 0 Å². The highest BCUT2D eigenvalue weighted by Gasteiger charge is 2.26. The molecule has 0 radical (unpaired) electrons. The highest BCUT2D eigenvalue weighted by molar-refractivity contribution is 6.03. The number of aromatic carboxylic acids is 1. The zero-order chi connectivity index (χ0) is 12.4. The van der Waals surface area contributed by atoms with E-state index in [-0.39, 0.29) is 23.8 Å². The Bertz CT molecular complexity index is 462. The van der Waals surface area contributed by atoms with Crippen molar-refractivity contribution in [3.8, 4) is 0 Å². The van der Waals surface area contributed by atoms with Crippen molar-refractivity contribution in [1.82, 2.24) is 0 Å². The van der Waals surface area contributed by atoms with Gasteiger partial charge >= 0.3 is 11.9 Å². The number of aryl methyl sites for hydroxylation is 1. The summed E-state index contributed by atoms with van der Waals surface area (Å²) in [6.45, 7) is 2.41. The summed E-state index contributed by atoms with van der Waals surface area (Å²) in [6, 6.07) is 4.72. The molecular weight excluding hydrogens is 224 g/mol. The van der Waals surface area contributed by atoms with E-state index in [2.05, 4.69) is 0 Å². The highest BCUT2D eigenvalue weighted by Crippen LogP contribution is 2.17. The summed E-state index contributed by atoms with van der Waals surface area (Å²) in [7, 11) is 0. The van der Waals surface area contributed by atoms with Crippen LogP contribution in [0.4, 0.5) is 0 Å². The molecule has 90 valence electrons. The third-order valence-electron chi connectivity index (χ3n) is 2.51. The van der Waals surface area contributed by atoms with Crippen LogP contribution in [0.1, 0.15) is 26.3 Å². The lowest BCUT2D eigenvalue weighted by Crippen LogP contribution is -2.15. The molecule has 0 saturated carbocycles. The minimum absolute atomic E-state index is 0.00536. The first-order valence-corrected chi connectivity index (χ1v) is 5.21. The fraction of sp³-hybridized carbons (Fsp3) is 0.333. The van der Waals surface area contributed by atoms with E-state index < -0.39 is 11.9 Å². The maximum absolute atomic E-state index is 11.7. The molecule has 17 heavy (non-hydrogen) atoms. The third kappa shape index (κ3) is 2.62. The predicted molar refractivity (Wildman–Crippen MR) is 58.2 cm³/mol. The smallest absolute Gasteiger partial charge is 0.339 e. The van der Waals surface area contributed by atoms with Crippen molar-refractivity contribution in [2.24, 2.45) is 0 Å². The summed E-state index contributed by atoms with van der Waals surface area (Å²) in [6.07, 6.45) is -0.0305.